The zero-order chi connectivity index (χ0) is 60.1. The second-order valence-corrected chi connectivity index (χ2v) is 22.7. The summed E-state index contributed by atoms with van der Waals surface area (Å²) < 4.78 is 17.9. The highest BCUT2D eigenvalue weighted by molar-refractivity contribution is 6.14. The molecule has 8 nitrogen and oxygen atoms in total. The monoisotopic (exact) mass is 1160 g/mol. The predicted octanol–water partition coefficient (Wildman–Crippen LogP) is 21.5. The minimum atomic E-state index is 0.605. The van der Waals surface area contributed by atoms with Crippen LogP contribution in [-0.2, 0) is 0 Å². The van der Waals surface area contributed by atoms with Gasteiger partial charge in [0.2, 0.25) is 0 Å². The second kappa shape index (κ2) is 22.7. The SMILES string of the molecule is Cc1cc(-c2cccc3oc4c(-c5ccccc5)nc(-c5ccccc5)nc4c23)cc(-n2c3ccccc3c3ccccc32)c1.Cc1cccc(-c2ncc(Oc3cccc(-c4cccc(-n5c6ccccc6c6ccccc65)c4)c3)c(-c3ccccc3)n2)c1. The minimum absolute atomic E-state index is 0.605. The summed E-state index contributed by atoms with van der Waals surface area (Å²) in [7, 11) is 0. The third kappa shape index (κ3) is 9.79. The maximum Gasteiger partial charge on any atom is 0.180 e. The molecule has 5 heterocycles. The van der Waals surface area contributed by atoms with Crippen molar-refractivity contribution in [2.75, 3.05) is 0 Å². The van der Waals surface area contributed by atoms with Gasteiger partial charge in [0.25, 0.3) is 0 Å². The van der Waals surface area contributed by atoms with Crippen molar-refractivity contribution in [1.29, 1.82) is 0 Å². The summed E-state index contributed by atoms with van der Waals surface area (Å²) in [6.45, 7) is 4.24. The van der Waals surface area contributed by atoms with Crippen molar-refractivity contribution in [2.24, 2.45) is 0 Å². The van der Waals surface area contributed by atoms with Gasteiger partial charge in [0.05, 0.1) is 33.6 Å². The Labute approximate surface area is 519 Å². The van der Waals surface area contributed by atoms with Crippen LogP contribution in [0, 0.1) is 13.8 Å². The molecule has 17 aromatic rings. The molecule has 90 heavy (non-hydrogen) atoms. The van der Waals surface area contributed by atoms with Gasteiger partial charge in [-0.3, -0.25) is 0 Å². The first-order valence-corrected chi connectivity index (χ1v) is 30.3. The van der Waals surface area contributed by atoms with E-state index >= 15 is 0 Å². The Morgan fingerprint density at radius 3 is 1.47 bits per heavy atom. The van der Waals surface area contributed by atoms with E-state index in [-0.39, 0.29) is 0 Å². The first kappa shape index (κ1) is 53.5. The van der Waals surface area contributed by atoms with Crippen molar-refractivity contribution in [3.8, 4) is 90.4 Å². The van der Waals surface area contributed by atoms with Crippen molar-refractivity contribution < 1.29 is 9.15 Å². The summed E-state index contributed by atoms with van der Waals surface area (Å²) in [5, 5.41) is 5.98. The molecule has 0 saturated carbocycles. The van der Waals surface area contributed by atoms with Gasteiger partial charge in [-0.15, -0.1) is 0 Å². The van der Waals surface area contributed by atoms with Crippen LogP contribution in [0.15, 0.2) is 308 Å². The third-order valence-electron chi connectivity index (χ3n) is 16.8. The van der Waals surface area contributed by atoms with E-state index in [1.165, 1.54) is 49.2 Å². The van der Waals surface area contributed by atoms with Gasteiger partial charge in [-0.2, -0.15) is 0 Å². The van der Waals surface area contributed by atoms with Crippen molar-refractivity contribution in [2.45, 2.75) is 13.8 Å². The third-order valence-corrected chi connectivity index (χ3v) is 16.8. The van der Waals surface area contributed by atoms with Crippen LogP contribution in [0.5, 0.6) is 11.5 Å². The predicted molar refractivity (Wildman–Crippen MR) is 369 cm³/mol. The van der Waals surface area contributed by atoms with Gasteiger partial charge in [-0.25, -0.2) is 19.9 Å². The molecule has 0 aliphatic rings. The van der Waals surface area contributed by atoms with Gasteiger partial charge in [0.15, 0.2) is 23.0 Å². The van der Waals surface area contributed by atoms with E-state index in [2.05, 4.69) is 223 Å². The lowest BCUT2D eigenvalue weighted by Crippen LogP contribution is -1.97. The van der Waals surface area contributed by atoms with E-state index in [4.69, 9.17) is 29.1 Å². The molecule has 0 saturated heterocycles. The van der Waals surface area contributed by atoms with Crippen LogP contribution < -0.4 is 4.74 Å². The first-order chi connectivity index (χ1) is 44.4. The van der Waals surface area contributed by atoms with Crippen LogP contribution in [0.4, 0.5) is 0 Å². The molecular weight excluding hydrogens is 1100 g/mol. The highest BCUT2D eigenvalue weighted by Gasteiger charge is 2.23. The lowest BCUT2D eigenvalue weighted by molar-refractivity contribution is 0.480. The number of hydrogen-bond donors (Lipinski definition) is 0. The molecule has 0 unspecified atom stereocenters. The van der Waals surface area contributed by atoms with Crippen molar-refractivity contribution in [3.05, 3.63) is 315 Å². The molecule has 0 aliphatic heterocycles. The van der Waals surface area contributed by atoms with Crippen LogP contribution >= 0.6 is 0 Å². The first-order valence-electron chi connectivity index (χ1n) is 30.3. The van der Waals surface area contributed by atoms with Crippen molar-refractivity contribution in [1.82, 2.24) is 29.1 Å². The Morgan fingerprint density at radius 1 is 0.344 bits per heavy atom. The lowest BCUT2D eigenvalue weighted by atomic mass is 9.98. The van der Waals surface area contributed by atoms with Gasteiger partial charge >= 0.3 is 0 Å². The van der Waals surface area contributed by atoms with E-state index < -0.39 is 0 Å². The van der Waals surface area contributed by atoms with Gasteiger partial charge in [0.1, 0.15) is 28.2 Å². The zero-order valence-corrected chi connectivity index (χ0v) is 49.4. The molecule has 0 aliphatic carbocycles. The zero-order valence-electron chi connectivity index (χ0n) is 49.4. The van der Waals surface area contributed by atoms with E-state index in [0.717, 1.165) is 95.1 Å². The van der Waals surface area contributed by atoms with Crippen molar-refractivity contribution >= 4 is 65.7 Å². The summed E-state index contributed by atoms with van der Waals surface area (Å²) in [5.41, 5.74) is 21.4. The Kier molecular flexibility index (Phi) is 13.5. The van der Waals surface area contributed by atoms with Crippen LogP contribution in [0.1, 0.15) is 11.1 Å². The molecule has 12 aromatic carbocycles. The molecule has 0 spiro atoms. The molecule has 8 heteroatoms. The van der Waals surface area contributed by atoms with E-state index in [1.54, 1.807) is 6.20 Å². The fourth-order valence-electron chi connectivity index (χ4n) is 12.7. The molecule has 0 N–H and O–H groups in total. The summed E-state index contributed by atoms with van der Waals surface area (Å²) in [6, 6.07) is 103. The largest absolute Gasteiger partial charge is 0.453 e. The summed E-state index contributed by atoms with van der Waals surface area (Å²) in [4.78, 5) is 19.9. The molecule has 0 atom stereocenters. The van der Waals surface area contributed by atoms with Crippen LogP contribution in [-0.4, -0.2) is 29.1 Å². The number of furan rings is 1. The number of hydrogen-bond acceptors (Lipinski definition) is 6. The van der Waals surface area contributed by atoms with E-state index in [9.17, 15) is 0 Å². The number of para-hydroxylation sites is 4. The van der Waals surface area contributed by atoms with Crippen LogP contribution in [0.3, 0.4) is 0 Å². The fourth-order valence-corrected chi connectivity index (χ4v) is 12.7. The number of rotatable bonds is 10. The van der Waals surface area contributed by atoms with Gasteiger partial charge < -0.3 is 18.3 Å². The van der Waals surface area contributed by atoms with Crippen LogP contribution in [0.25, 0.3) is 145 Å². The molecule has 426 valence electrons. The molecule has 0 amide bonds. The maximum atomic E-state index is 6.61. The number of nitrogens with zero attached hydrogens (tertiary/aromatic N) is 6. The van der Waals surface area contributed by atoms with Crippen LogP contribution in [0.2, 0.25) is 0 Å². The Hall–Kier alpha value is -12.0. The molecule has 17 rings (SSSR count). The number of fused-ring (bicyclic) bond motifs is 9. The quantitative estimate of drug-likeness (QED) is 0.136. The molecule has 0 radical (unpaired) electrons. The van der Waals surface area contributed by atoms with E-state index in [0.29, 0.717) is 23.0 Å². The standard InChI is InChI=1S/C41H27N3O.C41H29N3O/c1-26-23-29(25-30(24-26)44-34-20-10-8-17-32(34)33-18-9-11-21-35(33)44)31-19-12-22-36-37(31)39-40(45-36)38(27-13-4-2-5-14-27)42-41(43-39)28-15-6-3-7-16-28;1-28-12-9-17-32(24-28)41-42-27-39(40(43-41)29-13-3-2-4-14-29)45-34-19-11-16-31(26-34)30-15-10-18-33(25-30)44-37-22-7-5-20-35(37)36-21-6-8-23-38(36)44/h2-25H,1H3;2-27H,1H3. The average molecular weight is 1160 g/mol. The molecular formula is C82H56N6O2. The highest BCUT2D eigenvalue weighted by Crippen LogP contribution is 2.43. The minimum Gasteiger partial charge on any atom is -0.453 e. The summed E-state index contributed by atoms with van der Waals surface area (Å²) in [6.07, 6.45) is 1.78. The smallest absolute Gasteiger partial charge is 0.180 e. The lowest BCUT2D eigenvalue weighted by Gasteiger charge is -2.14. The molecule has 0 bridgehead atoms. The Balaban J connectivity index is 0.000000144. The topological polar surface area (TPSA) is 83.8 Å². The second-order valence-electron chi connectivity index (χ2n) is 22.7. The fraction of sp³-hybridized carbons (Fsp3) is 0.0244. The maximum absolute atomic E-state index is 6.61. The number of aromatic nitrogens is 6. The average Bonchev–Trinajstić information content (AvgIpc) is 1.87. The number of ether oxygens (including phenoxy) is 1. The van der Waals surface area contributed by atoms with Crippen molar-refractivity contribution in [3.63, 3.8) is 0 Å². The Morgan fingerprint density at radius 2 is 0.833 bits per heavy atom. The van der Waals surface area contributed by atoms with Gasteiger partial charge in [-0.05, 0) is 114 Å². The highest BCUT2D eigenvalue weighted by atomic mass is 16.5. The van der Waals surface area contributed by atoms with Gasteiger partial charge in [0, 0.05) is 55.2 Å². The normalized spacial score (nSPS) is 11.4. The Bertz CT molecular complexity index is 5450. The molecule has 0 fully saturated rings. The number of benzene rings is 12. The summed E-state index contributed by atoms with van der Waals surface area (Å²) in [5.74, 6) is 2.67. The van der Waals surface area contributed by atoms with E-state index in [1.807, 2.05) is 97.1 Å². The molecule has 5 aromatic heterocycles. The number of aryl methyl sites for hydroxylation is 2. The summed E-state index contributed by atoms with van der Waals surface area (Å²) >= 11 is 0. The van der Waals surface area contributed by atoms with Gasteiger partial charge in [-0.1, -0.05) is 230 Å².